The van der Waals surface area contributed by atoms with E-state index in [2.05, 4.69) is 10.4 Å². The predicted octanol–water partition coefficient (Wildman–Crippen LogP) is 3.36. The Kier molecular flexibility index (Phi) is 6.34. The largest absolute Gasteiger partial charge is 0.497 e. The van der Waals surface area contributed by atoms with Crippen LogP contribution in [0.3, 0.4) is 0 Å². The molecule has 8 heteroatoms. The van der Waals surface area contributed by atoms with Crippen molar-refractivity contribution in [3.8, 4) is 11.5 Å². The van der Waals surface area contributed by atoms with Crippen LogP contribution in [0.4, 0.5) is 5.82 Å². The summed E-state index contributed by atoms with van der Waals surface area (Å²) in [6, 6.07) is 7.15. The van der Waals surface area contributed by atoms with Crippen LogP contribution in [0.25, 0.3) is 0 Å². The maximum absolute atomic E-state index is 13.1. The van der Waals surface area contributed by atoms with E-state index in [0.717, 1.165) is 12.8 Å². The van der Waals surface area contributed by atoms with Gasteiger partial charge in [0.1, 0.15) is 17.3 Å². The second kappa shape index (κ2) is 8.77. The Bertz CT molecular complexity index is 908. The zero-order chi connectivity index (χ0) is 21.9. The number of anilines is 1. The maximum atomic E-state index is 13.1. The smallest absolute Gasteiger partial charge is 0.257 e. The fraction of sp³-hybridized carbons (Fsp3) is 0.500. The van der Waals surface area contributed by atoms with Crippen molar-refractivity contribution in [2.24, 2.45) is 5.41 Å². The number of ether oxygens (including phenoxy) is 2. The Morgan fingerprint density at radius 2 is 1.80 bits per heavy atom. The summed E-state index contributed by atoms with van der Waals surface area (Å²) in [4.78, 5) is 27.2. The standard InChI is InChI=1S/C22H30N4O4/c1-22(2,3)21(28)24-19-8-11-23-26(19)15-9-12-25(13-10-15)20(27)17-14-16(29-4)6-7-18(17)30-5/h6-8,11,14-15H,9-10,12-13H2,1-5H3,(H,24,28). The minimum absolute atomic E-state index is 0.0537. The molecule has 162 valence electrons. The van der Waals surface area contributed by atoms with Gasteiger partial charge in [-0.15, -0.1) is 0 Å². The first-order valence-corrected chi connectivity index (χ1v) is 10.1. The number of rotatable bonds is 5. The van der Waals surface area contributed by atoms with Crippen molar-refractivity contribution in [3.63, 3.8) is 0 Å². The third-order valence-electron chi connectivity index (χ3n) is 5.33. The van der Waals surface area contributed by atoms with Crippen molar-refractivity contribution in [3.05, 3.63) is 36.0 Å². The molecule has 2 amide bonds. The normalized spacial score (nSPS) is 15.0. The molecule has 2 aromatic rings. The van der Waals surface area contributed by atoms with Crippen LogP contribution in [-0.2, 0) is 4.79 Å². The summed E-state index contributed by atoms with van der Waals surface area (Å²) in [6.45, 7) is 6.81. The SMILES string of the molecule is COc1ccc(OC)c(C(=O)N2CCC(n3nccc3NC(=O)C(C)(C)C)CC2)c1. The number of nitrogens with zero attached hydrogens (tertiary/aromatic N) is 3. The second-order valence-electron chi connectivity index (χ2n) is 8.45. The summed E-state index contributed by atoms with van der Waals surface area (Å²) in [6.07, 6.45) is 3.19. The zero-order valence-corrected chi connectivity index (χ0v) is 18.3. The Labute approximate surface area is 177 Å². The molecule has 0 saturated carbocycles. The summed E-state index contributed by atoms with van der Waals surface area (Å²) in [7, 11) is 3.12. The molecule has 1 saturated heterocycles. The molecule has 0 unspecified atom stereocenters. The molecule has 1 aromatic heterocycles. The van der Waals surface area contributed by atoms with E-state index < -0.39 is 5.41 Å². The van der Waals surface area contributed by atoms with Crippen LogP contribution in [-0.4, -0.2) is 53.8 Å². The molecule has 1 aliphatic rings. The van der Waals surface area contributed by atoms with Crippen LogP contribution in [0.2, 0.25) is 0 Å². The summed E-state index contributed by atoms with van der Waals surface area (Å²) in [5, 5.41) is 7.38. The number of benzene rings is 1. The molecule has 8 nitrogen and oxygen atoms in total. The van der Waals surface area contributed by atoms with Crippen molar-refractivity contribution < 1.29 is 19.1 Å². The van der Waals surface area contributed by atoms with Gasteiger partial charge in [-0.25, -0.2) is 4.68 Å². The van der Waals surface area contributed by atoms with E-state index in [1.807, 2.05) is 36.4 Å². The van der Waals surface area contributed by atoms with E-state index >= 15 is 0 Å². The van der Waals surface area contributed by atoms with E-state index in [-0.39, 0.29) is 17.9 Å². The molecule has 0 spiro atoms. The van der Waals surface area contributed by atoms with Crippen LogP contribution in [0, 0.1) is 5.41 Å². The first-order valence-electron chi connectivity index (χ1n) is 10.1. The Morgan fingerprint density at radius 3 is 2.40 bits per heavy atom. The quantitative estimate of drug-likeness (QED) is 0.811. The number of carbonyl (C=O) groups excluding carboxylic acids is 2. The van der Waals surface area contributed by atoms with Crippen molar-refractivity contribution in [2.45, 2.75) is 39.7 Å². The van der Waals surface area contributed by atoms with Crippen molar-refractivity contribution in [1.82, 2.24) is 14.7 Å². The van der Waals surface area contributed by atoms with Crippen LogP contribution in [0.5, 0.6) is 11.5 Å². The molecule has 0 radical (unpaired) electrons. The molecule has 1 fully saturated rings. The lowest BCUT2D eigenvalue weighted by Gasteiger charge is -2.33. The van der Waals surface area contributed by atoms with Crippen LogP contribution in [0.1, 0.15) is 50.0 Å². The molecule has 0 aliphatic carbocycles. The van der Waals surface area contributed by atoms with Crippen LogP contribution >= 0.6 is 0 Å². The average Bonchev–Trinajstić information content (AvgIpc) is 3.20. The number of methoxy groups -OCH3 is 2. The van der Waals surface area contributed by atoms with Gasteiger partial charge < -0.3 is 19.7 Å². The monoisotopic (exact) mass is 414 g/mol. The minimum Gasteiger partial charge on any atom is -0.497 e. The lowest BCUT2D eigenvalue weighted by molar-refractivity contribution is -0.123. The summed E-state index contributed by atoms with van der Waals surface area (Å²) >= 11 is 0. The number of hydrogen-bond donors (Lipinski definition) is 1. The Morgan fingerprint density at radius 1 is 1.10 bits per heavy atom. The number of piperidine rings is 1. The van der Waals surface area contributed by atoms with E-state index in [1.165, 1.54) is 0 Å². The molecule has 0 bridgehead atoms. The number of nitrogens with one attached hydrogen (secondary N) is 1. The van der Waals surface area contributed by atoms with Crippen LogP contribution in [0.15, 0.2) is 30.5 Å². The highest BCUT2D eigenvalue weighted by Gasteiger charge is 2.29. The fourth-order valence-electron chi connectivity index (χ4n) is 3.47. The van der Waals surface area contributed by atoms with Gasteiger partial charge in [-0.3, -0.25) is 9.59 Å². The van der Waals surface area contributed by atoms with Gasteiger partial charge in [-0.05, 0) is 31.0 Å². The number of likely N-dealkylation sites (tertiary alicyclic amines) is 1. The van der Waals surface area contributed by atoms with Crippen molar-refractivity contribution >= 4 is 17.6 Å². The minimum atomic E-state index is -0.485. The fourth-order valence-corrected chi connectivity index (χ4v) is 3.47. The van der Waals surface area contributed by atoms with Gasteiger partial charge in [0.15, 0.2) is 0 Å². The van der Waals surface area contributed by atoms with Gasteiger partial charge in [-0.2, -0.15) is 5.10 Å². The molecule has 1 aliphatic heterocycles. The summed E-state index contributed by atoms with van der Waals surface area (Å²) in [5.74, 6) is 1.70. The van der Waals surface area contributed by atoms with Gasteiger partial charge in [0.05, 0.1) is 32.0 Å². The Balaban J connectivity index is 1.68. The van der Waals surface area contributed by atoms with Gasteiger partial charge in [0, 0.05) is 24.6 Å². The lowest BCUT2D eigenvalue weighted by atomic mass is 9.96. The molecule has 2 heterocycles. The average molecular weight is 415 g/mol. The van der Waals surface area contributed by atoms with Gasteiger partial charge in [-0.1, -0.05) is 20.8 Å². The summed E-state index contributed by atoms with van der Waals surface area (Å²) in [5.41, 5.74) is 0.00764. The molecular weight excluding hydrogens is 384 g/mol. The molecular formula is C22H30N4O4. The zero-order valence-electron chi connectivity index (χ0n) is 18.3. The first kappa shape index (κ1) is 21.7. The third-order valence-corrected chi connectivity index (χ3v) is 5.33. The highest BCUT2D eigenvalue weighted by atomic mass is 16.5. The maximum Gasteiger partial charge on any atom is 0.257 e. The third kappa shape index (κ3) is 4.58. The molecule has 1 aromatic carbocycles. The summed E-state index contributed by atoms with van der Waals surface area (Å²) < 4.78 is 12.5. The molecule has 0 atom stereocenters. The topological polar surface area (TPSA) is 85.7 Å². The van der Waals surface area contributed by atoms with E-state index in [4.69, 9.17) is 9.47 Å². The second-order valence-corrected chi connectivity index (χ2v) is 8.45. The molecule has 3 rings (SSSR count). The number of hydrogen-bond acceptors (Lipinski definition) is 5. The van der Waals surface area contributed by atoms with Crippen molar-refractivity contribution in [1.29, 1.82) is 0 Å². The molecule has 1 N–H and O–H groups in total. The first-order chi connectivity index (χ1) is 14.2. The van der Waals surface area contributed by atoms with E-state index in [1.54, 1.807) is 38.6 Å². The number of carbonyl (C=O) groups is 2. The van der Waals surface area contributed by atoms with Gasteiger partial charge in [0.2, 0.25) is 5.91 Å². The highest BCUT2D eigenvalue weighted by Crippen LogP contribution is 2.30. The highest BCUT2D eigenvalue weighted by molar-refractivity contribution is 5.97. The number of aromatic nitrogens is 2. The Hall–Kier alpha value is -3.03. The van der Waals surface area contributed by atoms with E-state index in [0.29, 0.717) is 36.0 Å². The van der Waals surface area contributed by atoms with Crippen molar-refractivity contribution in [2.75, 3.05) is 32.6 Å². The van der Waals surface area contributed by atoms with Crippen LogP contribution < -0.4 is 14.8 Å². The van der Waals surface area contributed by atoms with E-state index in [9.17, 15) is 9.59 Å². The van der Waals surface area contributed by atoms with Gasteiger partial charge >= 0.3 is 0 Å². The number of amides is 2. The predicted molar refractivity (Wildman–Crippen MR) is 114 cm³/mol. The molecule has 30 heavy (non-hydrogen) atoms. The van der Waals surface area contributed by atoms with Gasteiger partial charge in [0.25, 0.3) is 5.91 Å². The lowest BCUT2D eigenvalue weighted by Crippen LogP contribution is -2.39.